The van der Waals surface area contributed by atoms with Crippen LogP contribution in [0.1, 0.15) is 25.5 Å². The van der Waals surface area contributed by atoms with Gasteiger partial charge in [-0.15, -0.1) is 10.1 Å². The molecule has 0 atom stereocenters. The van der Waals surface area contributed by atoms with Crippen molar-refractivity contribution in [2.45, 2.75) is 19.8 Å². The summed E-state index contributed by atoms with van der Waals surface area (Å²) < 4.78 is 9.32. The summed E-state index contributed by atoms with van der Waals surface area (Å²) in [6, 6.07) is 3.79. The fraction of sp³-hybridized carbons (Fsp3) is 0.417. The minimum Gasteiger partial charge on any atom is -0.468 e. The van der Waals surface area contributed by atoms with E-state index in [1.807, 2.05) is 31.2 Å². The summed E-state index contributed by atoms with van der Waals surface area (Å²) in [7, 11) is 0. The summed E-state index contributed by atoms with van der Waals surface area (Å²) in [6.07, 6.45) is 6.61. The van der Waals surface area contributed by atoms with Crippen LogP contribution in [0.3, 0.4) is 0 Å². The van der Waals surface area contributed by atoms with Crippen molar-refractivity contribution < 1.29 is 23.9 Å². The zero-order valence-electron chi connectivity index (χ0n) is 10.7. The maximum absolute atomic E-state index is 9.58. The second-order valence-corrected chi connectivity index (χ2v) is 3.25. The summed E-state index contributed by atoms with van der Waals surface area (Å²) in [5.41, 5.74) is 0. The Morgan fingerprint density at radius 3 is 2.68 bits per heavy atom. The van der Waals surface area contributed by atoms with Crippen LogP contribution in [-0.2, 0) is 14.4 Å². The standard InChI is InChI=1S/C7H8O.C5H9NO5/c1-2-4-7-5-3-6-8-7;7-5-10-3-1-2-4-11-6(8)9/h2-6H,1H3;5H,1-4H2/b4-2+;. The first-order chi connectivity index (χ1) is 9.20. The molecule has 7 nitrogen and oxygen atoms in total. The SMILES string of the molecule is C/C=C/c1ccco1.O=COCCCCO[N+](=O)[O-]. The monoisotopic (exact) mass is 271 g/mol. The van der Waals surface area contributed by atoms with Gasteiger partial charge in [0.1, 0.15) is 5.76 Å². The van der Waals surface area contributed by atoms with Crippen molar-refractivity contribution >= 4 is 12.5 Å². The number of furan rings is 1. The number of carbonyl (C=O) groups is 1. The van der Waals surface area contributed by atoms with E-state index in [1.54, 1.807) is 6.26 Å². The van der Waals surface area contributed by atoms with Crippen LogP contribution >= 0.6 is 0 Å². The first kappa shape index (κ1) is 16.7. The van der Waals surface area contributed by atoms with Gasteiger partial charge in [-0.05, 0) is 38.0 Å². The largest absolute Gasteiger partial charge is 0.468 e. The van der Waals surface area contributed by atoms with Crippen molar-refractivity contribution in [1.82, 2.24) is 0 Å². The molecule has 0 aliphatic carbocycles. The van der Waals surface area contributed by atoms with Crippen LogP contribution in [0.15, 0.2) is 28.9 Å². The molecule has 0 spiro atoms. The van der Waals surface area contributed by atoms with Gasteiger partial charge in [0.25, 0.3) is 11.6 Å². The van der Waals surface area contributed by atoms with E-state index in [0.29, 0.717) is 19.3 Å². The van der Waals surface area contributed by atoms with Crippen LogP contribution in [0.2, 0.25) is 0 Å². The molecule has 0 fully saturated rings. The average molecular weight is 271 g/mol. The van der Waals surface area contributed by atoms with Gasteiger partial charge in [-0.3, -0.25) is 4.79 Å². The van der Waals surface area contributed by atoms with Gasteiger partial charge in [0.2, 0.25) is 0 Å². The lowest BCUT2D eigenvalue weighted by atomic mass is 10.3. The van der Waals surface area contributed by atoms with Gasteiger partial charge in [-0.2, -0.15) is 0 Å². The molecule has 1 aromatic rings. The van der Waals surface area contributed by atoms with E-state index < -0.39 is 5.09 Å². The molecule has 1 heterocycles. The highest BCUT2D eigenvalue weighted by atomic mass is 16.9. The molecule has 0 saturated heterocycles. The molecule has 0 amide bonds. The Balaban J connectivity index is 0.000000356. The van der Waals surface area contributed by atoms with Gasteiger partial charge < -0.3 is 14.0 Å². The van der Waals surface area contributed by atoms with E-state index >= 15 is 0 Å². The molecule has 1 aromatic heterocycles. The Hall–Kier alpha value is -2.31. The Labute approximate surface area is 110 Å². The normalized spacial score (nSPS) is 9.53. The Bertz CT molecular complexity index is 360. The third-order valence-corrected chi connectivity index (χ3v) is 1.80. The van der Waals surface area contributed by atoms with E-state index in [2.05, 4.69) is 9.57 Å². The summed E-state index contributed by atoms with van der Waals surface area (Å²) in [5.74, 6) is 0.910. The molecule has 0 aromatic carbocycles. The van der Waals surface area contributed by atoms with Crippen molar-refractivity contribution in [3.8, 4) is 0 Å². The summed E-state index contributed by atoms with van der Waals surface area (Å²) in [5, 5.41) is 8.74. The molecule has 0 saturated carbocycles. The summed E-state index contributed by atoms with van der Waals surface area (Å²) in [6.45, 7) is 2.64. The first-order valence-electron chi connectivity index (χ1n) is 5.69. The molecule has 0 bridgehead atoms. The number of unbranched alkanes of at least 4 members (excludes halogenated alkanes) is 1. The zero-order chi connectivity index (χ0) is 14.3. The van der Waals surface area contributed by atoms with Gasteiger partial charge in [-0.25, -0.2) is 0 Å². The lowest BCUT2D eigenvalue weighted by Gasteiger charge is -1.97. The number of nitrogens with zero attached hydrogens (tertiary/aromatic N) is 1. The number of rotatable bonds is 8. The van der Waals surface area contributed by atoms with Gasteiger partial charge in [0, 0.05) is 0 Å². The molecular formula is C12H17NO6. The highest BCUT2D eigenvalue weighted by molar-refractivity contribution is 5.41. The van der Waals surface area contributed by atoms with Gasteiger partial charge in [0.05, 0.1) is 19.5 Å². The lowest BCUT2D eigenvalue weighted by Crippen LogP contribution is -2.03. The van der Waals surface area contributed by atoms with Gasteiger partial charge >= 0.3 is 0 Å². The predicted molar refractivity (Wildman–Crippen MR) is 67.6 cm³/mol. The van der Waals surface area contributed by atoms with Crippen molar-refractivity contribution in [3.63, 3.8) is 0 Å². The number of hydrogen-bond donors (Lipinski definition) is 0. The quantitative estimate of drug-likeness (QED) is 0.312. The second kappa shape index (κ2) is 12.2. The van der Waals surface area contributed by atoms with Crippen LogP contribution in [0.5, 0.6) is 0 Å². The summed E-state index contributed by atoms with van der Waals surface area (Å²) >= 11 is 0. The first-order valence-corrected chi connectivity index (χ1v) is 5.69. The number of ether oxygens (including phenoxy) is 1. The molecule has 0 radical (unpaired) electrons. The van der Waals surface area contributed by atoms with E-state index in [-0.39, 0.29) is 13.2 Å². The van der Waals surface area contributed by atoms with Crippen molar-refractivity contribution in [2.75, 3.05) is 13.2 Å². The maximum Gasteiger partial charge on any atom is 0.294 e. The maximum atomic E-state index is 9.58. The number of carbonyl (C=O) groups excluding carboxylic acids is 1. The third kappa shape index (κ3) is 11.9. The fourth-order valence-electron chi connectivity index (χ4n) is 1.03. The van der Waals surface area contributed by atoms with E-state index in [9.17, 15) is 14.9 Å². The number of allylic oxidation sites excluding steroid dienone is 1. The smallest absolute Gasteiger partial charge is 0.294 e. The molecule has 0 unspecified atom stereocenters. The molecule has 19 heavy (non-hydrogen) atoms. The van der Waals surface area contributed by atoms with E-state index in [4.69, 9.17) is 4.42 Å². The van der Waals surface area contributed by atoms with E-state index in [1.165, 1.54) is 0 Å². The van der Waals surface area contributed by atoms with Crippen LogP contribution in [0.25, 0.3) is 6.08 Å². The average Bonchev–Trinajstić information content (AvgIpc) is 2.88. The minimum atomic E-state index is -0.847. The lowest BCUT2D eigenvalue weighted by molar-refractivity contribution is -0.757. The zero-order valence-corrected chi connectivity index (χ0v) is 10.7. The van der Waals surface area contributed by atoms with Crippen LogP contribution in [0, 0.1) is 10.1 Å². The van der Waals surface area contributed by atoms with Crippen LogP contribution in [0.4, 0.5) is 0 Å². The number of hydrogen-bond acceptors (Lipinski definition) is 6. The minimum absolute atomic E-state index is 0.0508. The molecule has 0 aliphatic heterocycles. The molecular weight excluding hydrogens is 254 g/mol. The Kier molecular flexibility index (Phi) is 10.7. The highest BCUT2D eigenvalue weighted by Gasteiger charge is 1.93. The Morgan fingerprint density at radius 2 is 2.16 bits per heavy atom. The van der Waals surface area contributed by atoms with Crippen LogP contribution in [-0.4, -0.2) is 24.8 Å². The van der Waals surface area contributed by atoms with E-state index in [0.717, 1.165) is 5.76 Å². The second-order valence-electron chi connectivity index (χ2n) is 3.25. The molecule has 7 heteroatoms. The summed E-state index contributed by atoms with van der Waals surface area (Å²) in [4.78, 5) is 23.2. The third-order valence-electron chi connectivity index (χ3n) is 1.80. The fourth-order valence-corrected chi connectivity index (χ4v) is 1.03. The highest BCUT2D eigenvalue weighted by Crippen LogP contribution is 2.00. The molecule has 106 valence electrons. The molecule has 0 N–H and O–H groups in total. The van der Waals surface area contributed by atoms with Crippen molar-refractivity contribution in [2.24, 2.45) is 0 Å². The Morgan fingerprint density at radius 1 is 1.42 bits per heavy atom. The van der Waals surface area contributed by atoms with Crippen LogP contribution < -0.4 is 0 Å². The van der Waals surface area contributed by atoms with Gasteiger partial charge in [-0.1, -0.05) is 6.08 Å². The van der Waals surface area contributed by atoms with Crippen molar-refractivity contribution in [1.29, 1.82) is 0 Å². The molecule has 1 rings (SSSR count). The predicted octanol–water partition coefficient (Wildman–Crippen LogP) is 2.46. The molecule has 0 aliphatic rings. The topological polar surface area (TPSA) is 91.8 Å². The van der Waals surface area contributed by atoms with Crippen molar-refractivity contribution in [3.05, 3.63) is 40.3 Å². The van der Waals surface area contributed by atoms with Gasteiger partial charge in [0.15, 0.2) is 0 Å².